The van der Waals surface area contributed by atoms with E-state index in [1.165, 1.54) is 6.92 Å². The van der Waals surface area contributed by atoms with Gasteiger partial charge in [0.25, 0.3) is 0 Å². The molecule has 0 atom stereocenters. The molecule has 0 heterocycles. The number of aromatic carboxylic acids is 1. The number of hydrogen-bond donors (Lipinski definition) is 2. The highest BCUT2D eigenvalue weighted by atomic mass is 16.4. The average molecular weight is 269 g/mol. The molecule has 0 saturated heterocycles. The van der Waals surface area contributed by atoms with Crippen molar-refractivity contribution in [3.05, 3.63) is 65.2 Å². The van der Waals surface area contributed by atoms with Gasteiger partial charge in [0.15, 0.2) is 5.78 Å². The summed E-state index contributed by atoms with van der Waals surface area (Å²) in [5.41, 5.74) is 2.62. The summed E-state index contributed by atoms with van der Waals surface area (Å²) in [6.45, 7) is 2.03. The van der Waals surface area contributed by atoms with E-state index in [9.17, 15) is 9.59 Å². The Morgan fingerprint density at radius 1 is 1.05 bits per heavy atom. The molecule has 0 amide bonds. The van der Waals surface area contributed by atoms with Gasteiger partial charge in [-0.3, -0.25) is 4.79 Å². The molecule has 0 spiro atoms. The van der Waals surface area contributed by atoms with Gasteiger partial charge in [0.1, 0.15) is 0 Å². The molecule has 0 aliphatic rings. The van der Waals surface area contributed by atoms with Crippen molar-refractivity contribution in [1.29, 1.82) is 0 Å². The second-order valence-electron chi connectivity index (χ2n) is 4.50. The van der Waals surface area contributed by atoms with Gasteiger partial charge < -0.3 is 10.4 Å². The zero-order chi connectivity index (χ0) is 14.5. The number of hydrogen-bond acceptors (Lipinski definition) is 3. The van der Waals surface area contributed by atoms with Gasteiger partial charge in [-0.05, 0) is 36.8 Å². The summed E-state index contributed by atoms with van der Waals surface area (Å²) in [6, 6.07) is 14.0. The highest BCUT2D eigenvalue weighted by molar-refractivity contribution is 5.94. The molecule has 2 aromatic rings. The van der Waals surface area contributed by atoms with E-state index in [1.54, 1.807) is 30.3 Å². The first-order chi connectivity index (χ1) is 9.56. The summed E-state index contributed by atoms with van der Waals surface area (Å²) in [5, 5.41) is 12.1. The molecule has 2 N–H and O–H groups in total. The minimum absolute atomic E-state index is 0.0153. The van der Waals surface area contributed by atoms with Gasteiger partial charge in [0.2, 0.25) is 0 Å². The van der Waals surface area contributed by atoms with Crippen molar-refractivity contribution in [2.75, 3.05) is 5.32 Å². The van der Waals surface area contributed by atoms with E-state index >= 15 is 0 Å². The largest absolute Gasteiger partial charge is 0.478 e. The number of nitrogens with one attached hydrogen (secondary N) is 1. The Kier molecular flexibility index (Phi) is 4.15. The number of anilines is 1. The summed E-state index contributed by atoms with van der Waals surface area (Å²) in [6.07, 6.45) is 0. The van der Waals surface area contributed by atoms with E-state index in [0.717, 1.165) is 11.3 Å². The molecule has 4 nitrogen and oxygen atoms in total. The number of carbonyl (C=O) groups is 2. The molecule has 20 heavy (non-hydrogen) atoms. The van der Waals surface area contributed by atoms with Crippen LogP contribution in [-0.2, 0) is 6.54 Å². The van der Waals surface area contributed by atoms with Crippen molar-refractivity contribution >= 4 is 17.4 Å². The zero-order valence-corrected chi connectivity index (χ0v) is 11.1. The van der Waals surface area contributed by atoms with Crippen molar-refractivity contribution in [3.63, 3.8) is 0 Å². The molecule has 4 heteroatoms. The predicted molar refractivity (Wildman–Crippen MR) is 77.2 cm³/mol. The smallest absolute Gasteiger partial charge is 0.335 e. The molecule has 2 aromatic carbocycles. The minimum atomic E-state index is -0.939. The van der Waals surface area contributed by atoms with Crippen LogP contribution in [0.3, 0.4) is 0 Å². The van der Waals surface area contributed by atoms with Crippen LogP contribution in [0.15, 0.2) is 48.5 Å². The van der Waals surface area contributed by atoms with E-state index in [4.69, 9.17) is 5.11 Å². The molecule has 0 aromatic heterocycles. The predicted octanol–water partition coefficient (Wildman–Crippen LogP) is 3.20. The summed E-state index contributed by atoms with van der Waals surface area (Å²) >= 11 is 0. The standard InChI is InChI=1S/C16H15NO3/c1-11(18)13-5-3-7-15(9-13)17-10-12-4-2-6-14(8-12)16(19)20/h2-9,17H,10H2,1H3,(H,19,20). The lowest BCUT2D eigenvalue weighted by molar-refractivity contribution is 0.0696. The third kappa shape index (κ3) is 3.45. The van der Waals surface area contributed by atoms with Crippen LogP contribution in [0.25, 0.3) is 0 Å². The van der Waals surface area contributed by atoms with Crippen LogP contribution in [0.5, 0.6) is 0 Å². The summed E-state index contributed by atoms with van der Waals surface area (Å²) < 4.78 is 0. The van der Waals surface area contributed by atoms with E-state index in [1.807, 2.05) is 18.2 Å². The van der Waals surface area contributed by atoms with E-state index in [2.05, 4.69) is 5.32 Å². The molecule has 0 aliphatic carbocycles. The Morgan fingerprint density at radius 3 is 2.45 bits per heavy atom. The number of benzene rings is 2. The maximum absolute atomic E-state index is 11.3. The molecule has 0 bridgehead atoms. The first kappa shape index (κ1) is 13.8. The fraction of sp³-hybridized carbons (Fsp3) is 0.125. The van der Waals surface area contributed by atoms with Crippen LogP contribution in [0.4, 0.5) is 5.69 Å². The van der Waals surface area contributed by atoms with E-state index in [0.29, 0.717) is 12.1 Å². The Hall–Kier alpha value is -2.62. The maximum atomic E-state index is 11.3. The van der Waals surface area contributed by atoms with Crippen molar-refractivity contribution in [2.24, 2.45) is 0 Å². The van der Waals surface area contributed by atoms with E-state index < -0.39 is 5.97 Å². The normalized spacial score (nSPS) is 10.1. The van der Waals surface area contributed by atoms with Crippen LogP contribution in [0, 0.1) is 0 Å². The van der Waals surface area contributed by atoms with Crippen LogP contribution >= 0.6 is 0 Å². The first-order valence-corrected chi connectivity index (χ1v) is 6.23. The van der Waals surface area contributed by atoms with E-state index in [-0.39, 0.29) is 11.3 Å². The van der Waals surface area contributed by atoms with Gasteiger partial charge in [-0.2, -0.15) is 0 Å². The van der Waals surface area contributed by atoms with Gasteiger partial charge in [-0.25, -0.2) is 4.79 Å². The number of ketones is 1. The molecular formula is C16H15NO3. The second-order valence-corrected chi connectivity index (χ2v) is 4.50. The average Bonchev–Trinajstić information content (AvgIpc) is 2.45. The monoisotopic (exact) mass is 269 g/mol. The van der Waals surface area contributed by atoms with Crippen LogP contribution < -0.4 is 5.32 Å². The first-order valence-electron chi connectivity index (χ1n) is 6.23. The minimum Gasteiger partial charge on any atom is -0.478 e. The van der Waals surface area contributed by atoms with Gasteiger partial charge in [0, 0.05) is 17.8 Å². The number of carbonyl (C=O) groups excluding carboxylic acids is 1. The van der Waals surface area contributed by atoms with Crippen molar-refractivity contribution in [2.45, 2.75) is 13.5 Å². The lowest BCUT2D eigenvalue weighted by Gasteiger charge is -2.08. The Bertz CT molecular complexity index is 592. The van der Waals surface area contributed by atoms with Gasteiger partial charge in [-0.15, -0.1) is 0 Å². The molecular weight excluding hydrogens is 254 g/mol. The quantitative estimate of drug-likeness (QED) is 0.818. The lowest BCUT2D eigenvalue weighted by atomic mass is 10.1. The fourth-order valence-electron chi connectivity index (χ4n) is 1.87. The lowest BCUT2D eigenvalue weighted by Crippen LogP contribution is -2.03. The Balaban J connectivity index is 2.08. The van der Waals surface area contributed by atoms with Crippen LogP contribution in [0.1, 0.15) is 33.2 Å². The maximum Gasteiger partial charge on any atom is 0.335 e. The van der Waals surface area contributed by atoms with Crippen molar-refractivity contribution in [1.82, 2.24) is 0 Å². The summed E-state index contributed by atoms with van der Waals surface area (Å²) in [5.74, 6) is -0.924. The molecule has 0 fully saturated rings. The molecule has 2 rings (SSSR count). The SMILES string of the molecule is CC(=O)c1cccc(NCc2cccc(C(=O)O)c2)c1. The molecule has 102 valence electrons. The Labute approximate surface area is 117 Å². The van der Waals surface area contributed by atoms with Crippen molar-refractivity contribution in [3.8, 4) is 0 Å². The number of rotatable bonds is 5. The van der Waals surface area contributed by atoms with Gasteiger partial charge in [-0.1, -0.05) is 24.3 Å². The highest BCUT2D eigenvalue weighted by Crippen LogP contribution is 2.13. The van der Waals surface area contributed by atoms with Gasteiger partial charge >= 0.3 is 5.97 Å². The zero-order valence-electron chi connectivity index (χ0n) is 11.1. The third-order valence-corrected chi connectivity index (χ3v) is 2.94. The highest BCUT2D eigenvalue weighted by Gasteiger charge is 2.04. The summed E-state index contributed by atoms with van der Waals surface area (Å²) in [4.78, 5) is 22.2. The van der Waals surface area contributed by atoms with Crippen LogP contribution in [-0.4, -0.2) is 16.9 Å². The summed E-state index contributed by atoms with van der Waals surface area (Å²) in [7, 11) is 0. The number of Topliss-reactive ketones (excluding diaryl/α,β-unsaturated/α-hetero) is 1. The molecule has 0 saturated carbocycles. The molecule has 0 radical (unpaired) electrons. The van der Waals surface area contributed by atoms with Crippen LogP contribution in [0.2, 0.25) is 0 Å². The third-order valence-electron chi connectivity index (χ3n) is 2.94. The molecule has 0 unspecified atom stereocenters. The topological polar surface area (TPSA) is 66.4 Å². The Morgan fingerprint density at radius 2 is 1.75 bits per heavy atom. The fourth-order valence-corrected chi connectivity index (χ4v) is 1.87. The molecule has 0 aliphatic heterocycles. The van der Waals surface area contributed by atoms with Gasteiger partial charge in [0.05, 0.1) is 5.56 Å². The number of carboxylic acids is 1. The second kappa shape index (κ2) is 6.02. The number of carboxylic acid groups (broad SMARTS) is 1. The van der Waals surface area contributed by atoms with Crippen molar-refractivity contribution < 1.29 is 14.7 Å².